The number of benzene rings is 1. The van der Waals surface area contributed by atoms with E-state index < -0.39 is 0 Å². The fraction of sp³-hybridized carbons (Fsp3) is 0.538. The lowest BCUT2D eigenvalue weighted by molar-refractivity contribution is 0.659. The summed E-state index contributed by atoms with van der Waals surface area (Å²) >= 11 is 0. The number of hydrogen-bond acceptors (Lipinski definition) is 4. The first-order valence-electron chi connectivity index (χ1n) is 6.20. The third-order valence-electron chi connectivity index (χ3n) is 3.44. The van der Waals surface area contributed by atoms with Gasteiger partial charge in [-0.1, -0.05) is 6.92 Å². The molecule has 1 fully saturated rings. The second-order valence-electron chi connectivity index (χ2n) is 4.94. The Morgan fingerprint density at radius 2 is 2.06 bits per heavy atom. The minimum atomic E-state index is 0.735. The van der Waals surface area contributed by atoms with Gasteiger partial charge in [-0.15, -0.1) is 0 Å². The van der Waals surface area contributed by atoms with E-state index in [1.165, 1.54) is 6.42 Å². The normalized spacial score (nSPS) is 19.9. The standard InChI is InChI=1S/C13H22N4/c1-9-5-6-17(8-9)13-10(7-16-2)11(14)3-4-12(13)15/h3-4,9,16H,5-8,14-15H2,1-2H3. The number of nitrogens with one attached hydrogen (secondary N) is 1. The molecule has 1 aliphatic rings. The molecule has 1 heterocycles. The van der Waals surface area contributed by atoms with Crippen molar-refractivity contribution in [2.24, 2.45) is 5.92 Å². The number of hydrogen-bond donors (Lipinski definition) is 3. The molecule has 0 spiro atoms. The molecule has 1 unspecified atom stereocenters. The molecule has 0 amide bonds. The molecule has 2 rings (SSSR count). The Bertz CT molecular complexity index is 403. The lowest BCUT2D eigenvalue weighted by atomic mass is 10.1. The molecule has 1 aromatic carbocycles. The van der Waals surface area contributed by atoms with Crippen molar-refractivity contribution in [1.82, 2.24) is 5.32 Å². The van der Waals surface area contributed by atoms with E-state index in [9.17, 15) is 0 Å². The van der Waals surface area contributed by atoms with E-state index in [4.69, 9.17) is 11.5 Å². The highest BCUT2D eigenvalue weighted by Crippen LogP contribution is 2.35. The average Bonchev–Trinajstić information content (AvgIpc) is 2.70. The van der Waals surface area contributed by atoms with Crippen LogP contribution in [0.1, 0.15) is 18.9 Å². The zero-order valence-electron chi connectivity index (χ0n) is 10.7. The van der Waals surface area contributed by atoms with Gasteiger partial charge in [0.15, 0.2) is 0 Å². The molecule has 1 saturated heterocycles. The Labute approximate surface area is 103 Å². The van der Waals surface area contributed by atoms with Crippen molar-refractivity contribution in [3.05, 3.63) is 17.7 Å². The van der Waals surface area contributed by atoms with Gasteiger partial charge in [0.1, 0.15) is 0 Å². The second-order valence-corrected chi connectivity index (χ2v) is 4.94. The maximum atomic E-state index is 6.12. The Hall–Kier alpha value is -1.42. The fourth-order valence-corrected chi connectivity index (χ4v) is 2.54. The highest BCUT2D eigenvalue weighted by atomic mass is 15.2. The summed E-state index contributed by atoms with van der Waals surface area (Å²) in [5.41, 5.74) is 16.1. The van der Waals surface area contributed by atoms with Crippen LogP contribution in [0.5, 0.6) is 0 Å². The Balaban J connectivity index is 2.39. The van der Waals surface area contributed by atoms with E-state index in [-0.39, 0.29) is 0 Å². The van der Waals surface area contributed by atoms with Crippen molar-refractivity contribution in [3.63, 3.8) is 0 Å². The smallest absolute Gasteiger partial charge is 0.0666 e. The summed E-state index contributed by atoms with van der Waals surface area (Å²) in [6.07, 6.45) is 1.23. The van der Waals surface area contributed by atoms with Crippen molar-refractivity contribution < 1.29 is 0 Å². The van der Waals surface area contributed by atoms with E-state index in [1.54, 1.807) is 0 Å². The number of nitrogens with two attached hydrogens (primary N) is 2. The molecule has 0 radical (unpaired) electrons. The maximum absolute atomic E-state index is 6.12. The molecule has 1 aliphatic heterocycles. The van der Waals surface area contributed by atoms with Gasteiger partial charge in [-0.25, -0.2) is 0 Å². The number of nitrogen functional groups attached to an aromatic ring is 2. The molecule has 0 aromatic heterocycles. The summed E-state index contributed by atoms with van der Waals surface area (Å²) < 4.78 is 0. The maximum Gasteiger partial charge on any atom is 0.0666 e. The van der Waals surface area contributed by atoms with Crippen LogP contribution >= 0.6 is 0 Å². The van der Waals surface area contributed by atoms with Gasteiger partial charge in [-0.05, 0) is 31.5 Å². The molecule has 94 valence electrons. The van der Waals surface area contributed by atoms with Crippen LogP contribution < -0.4 is 21.7 Å². The zero-order chi connectivity index (χ0) is 12.4. The second kappa shape index (κ2) is 4.84. The molecule has 17 heavy (non-hydrogen) atoms. The van der Waals surface area contributed by atoms with Crippen molar-refractivity contribution in [2.45, 2.75) is 19.9 Å². The van der Waals surface area contributed by atoms with Gasteiger partial charge in [0.25, 0.3) is 0 Å². The summed E-state index contributed by atoms with van der Waals surface area (Å²) in [4.78, 5) is 2.36. The van der Waals surface area contributed by atoms with Gasteiger partial charge in [0, 0.05) is 30.9 Å². The van der Waals surface area contributed by atoms with Crippen LogP contribution in [-0.4, -0.2) is 20.1 Å². The molecular formula is C13H22N4. The minimum absolute atomic E-state index is 0.735. The lowest BCUT2D eigenvalue weighted by Crippen LogP contribution is -2.24. The Kier molecular flexibility index (Phi) is 3.43. The SMILES string of the molecule is CNCc1c(N)ccc(N)c1N1CCC(C)C1. The van der Waals surface area contributed by atoms with E-state index >= 15 is 0 Å². The Morgan fingerprint density at radius 1 is 1.35 bits per heavy atom. The molecule has 0 saturated carbocycles. The molecule has 1 aromatic rings. The van der Waals surface area contributed by atoms with E-state index in [1.807, 2.05) is 19.2 Å². The van der Waals surface area contributed by atoms with E-state index in [0.717, 1.165) is 48.2 Å². The van der Waals surface area contributed by atoms with Crippen LogP contribution in [0.2, 0.25) is 0 Å². The van der Waals surface area contributed by atoms with Gasteiger partial charge in [0.05, 0.1) is 11.4 Å². The highest BCUT2D eigenvalue weighted by molar-refractivity contribution is 5.78. The van der Waals surface area contributed by atoms with Crippen molar-refractivity contribution in [1.29, 1.82) is 0 Å². The molecule has 4 heteroatoms. The third-order valence-corrected chi connectivity index (χ3v) is 3.44. The predicted octanol–water partition coefficient (Wildman–Crippen LogP) is 1.42. The number of nitrogens with zero attached hydrogens (tertiary/aromatic N) is 1. The average molecular weight is 234 g/mol. The minimum Gasteiger partial charge on any atom is -0.398 e. The first kappa shape index (κ1) is 12.0. The number of rotatable bonds is 3. The number of anilines is 3. The van der Waals surface area contributed by atoms with Gasteiger partial charge >= 0.3 is 0 Å². The molecular weight excluding hydrogens is 212 g/mol. The molecule has 5 N–H and O–H groups in total. The summed E-state index contributed by atoms with van der Waals surface area (Å²) in [6.45, 7) is 5.19. The summed E-state index contributed by atoms with van der Waals surface area (Å²) in [7, 11) is 1.93. The van der Waals surface area contributed by atoms with Crippen LogP contribution in [0, 0.1) is 5.92 Å². The first-order valence-corrected chi connectivity index (χ1v) is 6.20. The topological polar surface area (TPSA) is 67.3 Å². The van der Waals surface area contributed by atoms with Gasteiger partial charge in [0.2, 0.25) is 0 Å². The zero-order valence-corrected chi connectivity index (χ0v) is 10.7. The van der Waals surface area contributed by atoms with Crippen LogP contribution in [0.25, 0.3) is 0 Å². The summed E-state index contributed by atoms with van der Waals surface area (Å²) in [5, 5.41) is 3.16. The van der Waals surface area contributed by atoms with Crippen LogP contribution in [-0.2, 0) is 6.54 Å². The Morgan fingerprint density at radius 3 is 2.65 bits per heavy atom. The molecule has 0 bridgehead atoms. The van der Waals surface area contributed by atoms with Crippen molar-refractivity contribution >= 4 is 17.1 Å². The van der Waals surface area contributed by atoms with Gasteiger partial charge < -0.3 is 21.7 Å². The first-order chi connectivity index (χ1) is 8.13. The van der Waals surface area contributed by atoms with Crippen LogP contribution in [0.3, 0.4) is 0 Å². The molecule has 0 aliphatic carbocycles. The monoisotopic (exact) mass is 234 g/mol. The highest BCUT2D eigenvalue weighted by Gasteiger charge is 2.23. The van der Waals surface area contributed by atoms with Crippen molar-refractivity contribution in [3.8, 4) is 0 Å². The van der Waals surface area contributed by atoms with Crippen LogP contribution in [0.4, 0.5) is 17.1 Å². The fourth-order valence-electron chi connectivity index (χ4n) is 2.54. The summed E-state index contributed by atoms with van der Waals surface area (Å²) in [6, 6.07) is 3.80. The molecule has 1 atom stereocenters. The van der Waals surface area contributed by atoms with Crippen molar-refractivity contribution in [2.75, 3.05) is 36.5 Å². The van der Waals surface area contributed by atoms with E-state index in [2.05, 4.69) is 17.1 Å². The largest absolute Gasteiger partial charge is 0.398 e. The predicted molar refractivity (Wildman–Crippen MR) is 74.0 cm³/mol. The summed E-state index contributed by atoms with van der Waals surface area (Å²) in [5.74, 6) is 0.735. The van der Waals surface area contributed by atoms with Gasteiger partial charge in [-0.2, -0.15) is 0 Å². The third kappa shape index (κ3) is 2.31. The van der Waals surface area contributed by atoms with Crippen LogP contribution in [0.15, 0.2) is 12.1 Å². The quantitative estimate of drug-likeness (QED) is 0.692. The lowest BCUT2D eigenvalue weighted by Gasteiger charge is -2.25. The van der Waals surface area contributed by atoms with Gasteiger partial charge in [-0.3, -0.25) is 0 Å². The molecule has 4 nitrogen and oxygen atoms in total. The van der Waals surface area contributed by atoms with E-state index in [0.29, 0.717) is 0 Å².